The lowest BCUT2D eigenvalue weighted by molar-refractivity contribution is -0.140. The predicted molar refractivity (Wildman–Crippen MR) is 173 cm³/mol. The fourth-order valence-electron chi connectivity index (χ4n) is 4.87. The number of rotatable bonds is 14. The molecule has 4 aromatic carbocycles. The lowest BCUT2D eigenvalue weighted by Crippen LogP contribution is -2.53. The molecule has 0 bridgehead atoms. The van der Waals surface area contributed by atoms with E-state index in [1.807, 2.05) is 81.4 Å². The summed E-state index contributed by atoms with van der Waals surface area (Å²) < 4.78 is 34.9. The smallest absolute Gasteiger partial charge is 0.264 e. The summed E-state index contributed by atoms with van der Waals surface area (Å²) in [6.45, 7) is 6.03. The van der Waals surface area contributed by atoms with E-state index in [-0.39, 0.29) is 23.8 Å². The quantitative estimate of drug-likeness (QED) is 0.207. The van der Waals surface area contributed by atoms with Crippen molar-refractivity contribution >= 4 is 27.5 Å². The molecule has 0 saturated heterocycles. The Morgan fingerprint density at radius 2 is 1.39 bits per heavy atom. The van der Waals surface area contributed by atoms with Gasteiger partial charge in [0, 0.05) is 19.5 Å². The van der Waals surface area contributed by atoms with Gasteiger partial charge in [-0.05, 0) is 68.3 Å². The summed E-state index contributed by atoms with van der Waals surface area (Å²) in [5.74, 6) is -0.267. The number of likely N-dealkylation sites (N-methyl/N-ethyl adjacent to an activating group) is 1. The number of nitrogens with one attached hydrogen (secondary N) is 1. The predicted octanol–water partition coefficient (Wildman–Crippen LogP) is 5.37. The maximum absolute atomic E-state index is 14.4. The summed E-state index contributed by atoms with van der Waals surface area (Å²) in [5, 5.41) is 2.87. The molecule has 0 radical (unpaired) electrons. The normalized spacial score (nSPS) is 11.8. The van der Waals surface area contributed by atoms with E-state index in [1.54, 1.807) is 36.4 Å². The van der Waals surface area contributed by atoms with Crippen molar-refractivity contribution in [3.8, 4) is 5.75 Å². The molecule has 4 aromatic rings. The Balaban J connectivity index is 1.76. The first-order chi connectivity index (χ1) is 21.2. The van der Waals surface area contributed by atoms with Crippen molar-refractivity contribution in [3.63, 3.8) is 0 Å². The van der Waals surface area contributed by atoms with Gasteiger partial charge < -0.3 is 15.0 Å². The van der Waals surface area contributed by atoms with Gasteiger partial charge in [-0.2, -0.15) is 0 Å². The third kappa shape index (κ3) is 8.26. The maximum Gasteiger partial charge on any atom is 0.264 e. The summed E-state index contributed by atoms with van der Waals surface area (Å²) in [4.78, 5) is 29.4. The lowest BCUT2D eigenvalue weighted by atomic mass is 10.0. The number of nitrogens with zero attached hydrogens (tertiary/aromatic N) is 2. The second-order valence-corrected chi connectivity index (χ2v) is 12.2. The summed E-state index contributed by atoms with van der Waals surface area (Å²) in [6.07, 6.45) is 0.265. The van der Waals surface area contributed by atoms with Crippen LogP contribution in [0.1, 0.15) is 30.5 Å². The standard InChI is InChI=1S/C35H39N3O5S/c1-4-36-35(40)33(24-28-12-8-6-9-13-28)37(25-29-14-10-7-11-15-29)34(39)26-38(30-18-16-27(3)17-19-30)44(41,42)32-22-20-31(21-23-32)43-5-2/h6-23,33H,4-5,24-26H2,1-3H3,(H,36,40). The summed E-state index contributed by atoms with van der Waals surface area (Å²) >= 11 is 0. The molecule has 8 nitrogen and oxygen atoms in total. The number of anilines is 1. The average molecular weight is 614 g/mol. The Bertz CT molecular complexity index is 1610. The number of hydrogen-bond donors (Lipinski definition) is 1. The number of benzene rings is 4. The van der Waals surface area contributed by atoms with Gasteiger partial charge in [0.15, 0.2) is 0 Å². The number of ether oxygens (including phenoxy) is 1. The van der Waals surface area contributed by atoms with Crippen LogP contribution in [-0.2, 0) is 32.6 Å². The monoisotopic (exact) mass is 613 g/mol. The minimum atomic E-state index is -4.19. The third-order valence-electron chi connectivity index (χ3n) is 7.14. The average Bonchev–Trinajstić information content (AvgIpc) is 3.03. The first-order valence-electron chi connectivity index (χ1n) is 14.7. The van der Waals surface area contributed by atoms with Gasteiger partial charge in [-0.15, -0.1) is 0 Å². The van der Waals surface area contributed by atoms with E-state index in [1.165, 1.54) is 17.0 Å². The molecule has 0 aliphatic rings. The molecular formula is C35H39N3O5S. The SMILES string of the molecule is CCNC(=O)C(Cc1ccccc1)N(Cc1ccccc1)C(=O)CN(c1ccc(C)cc1)S(=O)(=O)c1ccc(OCC)cc1. The van der Waals surface area contributed by atoms with Crippen LogP contribution < -0.4 is 14.4 Å². The van der Waals surface area contributed by atoms with E-state index in [0.29, 0.717) is 24.6 Å². The number of amides is 2. The summed E-state index contributed by atoms with van der Waals surface area (Å²) in [7, 11) is -4.19. The number of hydrogen-bond acceptors (Lipinski definition) is 5. The largest absolute Gasteiger partial charge is 0.494 e. The van der Waals surface area contributed by atoms with Gasteiger partial charge in [0.2, 0.25) is 11.8 Å². The zero-order chi connectivity index (χ0) is 31.5. The molecule has 1 unspecified atom stereocenters. The topological polar surface area (TPSA) is 96.0 Å². The van der Waals surface area contributed by atoms with Gasteiger partial charge in [-0.3, -0.25) is 13.9 Å². The number of carbonyl (C=O) groups excluding carboxylic acids is 2. The van der Waals surface area contributed by atoms with Crippen LogP contribution in [0.2, 0.25) is 0 Å². The minimum Gasteiger partial charge on any atom is -0.494 e. The Kier molecular flexibility index (Phi) is 11.2. The molecule has 0 fully saturated rings. The summed E-state index contributed by atoms with van der Waals surface area (Å²) in [5.41, 5.74) is 2.99. The van der Waals surface area contributed by atoms with Gasteiger partial charge in [-0.25, -0.2) is 8.42 Å². The van der Waals surface area contributed by atoms with Gasteiger partial charge >= 0.3 is 0 Å². The molecule has 4 rings (SSSR count). The molecule has 1 N–H and O–H groups in total. The molecular weight excluding hydrogens is 574 g/mol. The van der Waals surface area contributed by atoms with E-state index >= 15 is 0 Å². The van der Waals surface area contributed by atoms with Crippen LogP contribution in [0.25, 0.3) is 0 Å². The first-order valence-corrected chi connectivity index (χ1v) is 16.1. The van der Waals surface area contributed by atoms with Gasteiger partial charge in [0.25, 0.3) is 10.0 Å². The second kappa shape index (κ2) is 15.2. The highest BCUT2D eigenvalue weighted by molar-refractivity contribution is 7.92. The van der Waals surface area contributed by atoms with Crippen LogP contribution in [0.3, 0.4) is 0 Å². The molecule has 0 aliphatic carbocycles. The molecule has 9 heteroatoms. The molecule has 1 atom stereocenters. The maximum atomic E-state index is 14.4. The highest BCUT2D eigenvalue weighted by Crippen LogP contribution is 2.27. The molecule has 0 spiro atoms. The molecule has 44 heavy (non-hydrogen) atoms. The zero-order valence-electron chi connectivity index (χ0n) is 25.3. The Labute approximate surface area is 260 Å². The van der Waals surface area contributed by atoms with Crippen LogP contribution >= 0.6 is 0 Å². The number of sulfonamides is 1. The highest BCUT2D eigenvalue weighted by atomic mass is 32.2. The van der Waals surface area contributed by atoms with Crippen molar-refractivity contribution in [1.29, 1.82) is 0 Å². The zero-order valence-corrected chi connectivity index (χ0v) is 26.2. The number of aryl methyl sites for hydroxylation is 1. The fourth-order valence-corrected chi connectivity index (χ4v) is 6.28. The second-order valence-electron chi connectivity index (χ2n) is 10.4. The fraction of sp³-hybridized carbons (Fsp3) is 0.257. The van der Waals surface area contributed by atoms with E-state index in [9.17, 15) is 18.0 Å². The van der Waals surface area contributed by atoms with Crippen molar-refractivity contribution in [2.75, 3.05) is 24.0 Å². The van der Waals surface area contributed by atoms with Crippen LogP contribution in [0.15, 0.2) is 114 Å². The highest BCUT2D eigenvalue weighted by Gasteiger charge is 2.34. The Hall–Kier alpha value is -4.63. The van der Waals surface area contributed by atoms with E-state index in [0.717, 1.165) is 21.0 Å². The minimum absolute atomic E-state index is 0.0218. The first kappa shape index (κ1) is 32.3. The molecule has 0 saturated carbocycles. The molecule has 0 aromatic heterocycles. The van der Waals surface area contributed by atoms with Crippen LogP contribution in [0.4, 0.5) is 5.69 Å². The number of carbonyl (C=O) groups is 2. The van der Waals surface area contributed by atoms with Crippen molar-refractivity contribution in [2.45, 2.75) is 44.7 Å². The molecule has 2 amide bonds. The lowest BCUT2D eigenvalue weighted by Gasteiger charge is -2.33. The van der Waals surface area contributed by atoms with Gasteiger partial charge in [0.1, 0.15) is 18.3 Å². The molecule has 0 heterocycles. The molecule has 230 valence electrons. The molecule has 0 aliphatic heterocycles. The Morgan fingerprint density at radius 1 is 0.795 bits per heavy atom. The van der Waals surface area contributed by atoms with Crippen molar-refractivity contribution < 1.29 is 22.7 Å². The van der Waals surface area contributed by atoms with Gasteiger partial charge in [0.05, 0.1) is 17.2 Å². The van der Waals surface area contributed by atoms with Gasteiger partial charge in [-0.1, -0.05) is 78.4 Å². The van der Waals surface area contributed by atoms with Crippen molar-refractivity contribution in [1.82, 2.24) is 10.2 Å². The van der Waals surface area contributed by atoms with Crippen molar-refractivity contribution in [2.24, 2.45) is 0 Å². The van der Waals surface area contributed by atoms with Crippen LogP contribution in [-0.4, -0.2) is 50.9 Å². The summed E-state index contributed by atoms with van der Waals surface area (Å²) in [6, 6.07) is 31.1. The van der Waals surface area contributed by atoms with Crippen molar-refractivity contribution in [3.05, 3.63) is 126 Å². The third-order valence-corrected chi connectivity index (χ3v) is 8.93. The van der Waals surface area contributed by atoms with E-state index in [4.69, 9.17) is 4.74 Å². The van der Waals surface area contributed by atoms with Crippen LogP contribution in [0, 0.1) is 6.92 Å². The van der Waals surface area contributed by atoms with E-state index in [2.05, 4.69) is 5.32 Å². The Morgan fingerprint density at radius 3 is 1.95 bits per heavy atom. The van der Waals surface area contributed by atoms with E-state index < -0.39 is 28.5 Å². The van der Waals surface area contributed by atoms with Crippen LogP contribution in [0.5, 0.6) is 5.75 Å².